The van der Waals surface area contributed by atoms with Gasteiger partial charge >= 0.3 is 5.69 Å². The van der Waals surface area contributed by atoms with E-state index < -0.39 is 22.3 Å². The van der Waals surface area contributed by atoms with Gasteiger partial charge in [0.2, 0.25) is 0 Å². The molecule has 1 aromatic heterocycles. The average Bonchev–Trinajstić information content (AvgIpc) is 2.77. The number of halogens is 2. The lowest BCUT2D eigenvalue weighted by atomic mass is 10.1. The van der Waals surface area contributed by atoms with Crippen LogP contribution in [0.3, 0.4) is 0 Å². The summed E-state index contributed by atoms with van der Waals surface area (Å²) in [4.78, 5) is 21.5. The van der Waals surface area contributed by atoms with E-state index in [4.69, 9.17) is 0 Å². The van der Waals surface area contributed by atoms with Crippen LogP contribution in [0.2, 0.25) is 0 Å². The zero-order valence-corrected chi connectivity index (χ0v) is 9.42. The van der Waals surface area contributed by atoms with Crippen LogP contribution in [0.5, 0.6) is 0 Å². The Labute approximate surface area is 105 Å². The maximum absolute atomic E-state index is 13.3. The second kappa shape index (κ2) is 4.92. The highest BCUT2D eigenvalue weighted by Crippen LogP contribution is 2.12. The van der Waals surface area contributed by atoms with Gasteiger partial charge in [-0.25, -0.2) is 8.78 Å². The minimum Gasteiger partial charge on any atom is -0.292 e. The van der Waals surface area contributed by atoms with E-state index in [1.807, 2.05) is 0 Å². The number of hydrogen-bond acceptors (Lipinski definition) is 4. The Morgan fingerprint density at radius 3 is 2.74 bits per heavy atom. The Kier molecular flexibility index (Phi) is 3.32. The molecular formula is C11H7F2N3O3. The molecule has 0 N–H and O–H groups in total. The van der Waals surface area contributed by atoms with Gasteiger partial charge in [0.15, 0.2) is 5.78 Å². The van der Waals surface area contributed by atoms with E-state index in [2.05, 4.69) is 5.10 Å². The zero-order chi connectivity index (χ0) is 14.0. The summed E-state index contributed by atoms with van der Waals surface area (Å²) in [6.45, 7) is -0.365. The van der Waals surface area contributed by atoms with Gasteiger partial charge in [-0.2, -0.15) is 5.10 Å². The Morgan fingerprint density at radius 1 is 1.42 bits per heavy atom. The third-order valence-electron chi connectivity index (χ3n) is 2.37. The van der Waals surface area contributed by atoms with E-state index in [0.29, 0.717) is 6.07 Å². The van der Waals surface area contributed by atoms with Crippen LogP contribution in [0.15, 0.2) is 30.6 Å². The van der Waals surface area contributed by atoms with E-state index in [9.17, 15) is 23.7 Å². The number of rotatable bonds is 4. The lowest BCUT2D eigenvalue weighted by Gasteiger charge is -2.02. The maximum atomic E-state index is 13.3. The molecule has 6 nitrogen and oxygen atoms in total. The molecule has 1 heterocycles. The van der Waals surface area contributed by atoms with E-state index >= 15 is 0 Å². The molecule has 0 spiro atoms. The van der Waals surface area contributed by atoms with Crippen LogP contribution in [0.1, 0.15) is 10.4 Å². The minimum absolute atomic E-state index is 0.271. The van der Waals surface area contributed by atoms with Gasteiger partial charge in [-0.3, -0.25) is 19.6 Å². The van der Waals surface area contributed by atoms with Crippen LogP contribution in [0.4, 0.5) is 14.5 Å². The number of ketones is 1. The highest BCUT2D eigenvalue weighted by Gasteiger charge is 2.15. The highest BCUT2D eigenvalue weighted by molar-refractivity contribution is 5.96. The fourth-order valence-corrected chi connectivity index (χ4v) is 1.48. The van der Waals surface area contributed by atoms with Crippen molar-refractivity contribution in [3.8, 4) is 0 Å². The molecule has 0 radical (unpaired) electrons. The summed E-state index contributed by atoms with van der Waals surface area (Å²) in [7, 11) is 0. The van der Waals surface area contributed by atoms with Crippen molar-refractivity contribution in [3.05, 3.63) is 57.9 Å². The van der Waals surface area contributed by atoms with Crippen LogP contribution in [0.25, 0.3) is 0 Å². The predicted molar refractivity (Wildman–Crippen MR) is 59.6 cm³/mol. The standard InChI is InChI=1S/C11H7F2N3O3/c12-7-1-2-9(10(13)3-7)11(17)6-15-5-8(4-14-15)16(18)19/h1-5H,6H2. The molecule has 1 aromatic carbocycles. The molecule has 8 heteroatoms. The Bertz CT molecular complexity index is 654. The fraction of sp³-hybridized carbons (Fsp3) is 0.0909. The van der Waals surface area contributed by atoms with E-state index in [1.54, 1.807) is 0 Å². The molecule has 0 aliphatic heterocycles. The Balaban J connectivity index is 2.18. The van der Waals surface area contributed by atoms with Gasteiger partial charge in [-0.15, -0.1) is 0 Å². The van der Waals surface area contributed by atoms with Gasteiger partial charge in [-0.05, 0) is 12.1 Å². The number of nitro groups is 1. The molecule has 0 fully saturated rings. The summed E-state index contributed by atoms with van der Waals surface area (Å²) < 4.78 is 27.0. The average molecular weight is 267 g/mol. The van der Waals surface area contributed by atoms with Gasteiger partial charge in [0, 0.05) is 6.07 Å². The molecule has 19 heavy (non-hydrogen) atoms. The van der Waals surface area contributed by atoms with Crippen molar-refractivity contribution in [2.45, 2.75) is 6.54 Å². The second-order valence-corrected chi connectivity index (χ2v) is 3.70. The number of carbonyl (C=O) groups is 1. The Hall–Kier alpha value is -2.64. The summed E-state index contributed by atoms with van der Waals surface area (Å²) in [6, 6.07) is 2.57. The SMILES string of the molecule is O=C(Cn1cc([N+](=O)[O-])cn1)c1ccc(F)cc1F. The third kappa shape index (κ3) is 2.79. The molecule has 0 aliphatic rings. The van der Waals surface area contributed by atoms with Crippen molar-refractivity contribution >= 4 is 11.5 Å². The van der Waals surface area contributed by atoms with E-state index in [-0.39, 0.29) is 17.8 Å². The number of benzene rings is 1. The smallest absolute Gasteiger partial charge is 0.292 e. The van der Waals surface area contributed by atoms with Crippen molar-refractivity contribution in [3.63, 3.8) is 0 Å². The molecule has 0 saturated heterocycles. The summed E-state index contributed by atoms with van der Waals surface area (Å²) in [5, 5.41) is 14.0. The van der Waals surface area contributed by atoms with Crippen LogP contribution >= 0.6 is 0 Å². The number of carbonyl (C=O) groups excluding carboxylic acids is 1. The topological polar surface area (TPSA) is 78.0 Å². The van der Waals surface area contributed by atoms with Gasteiger partial charge in [0.1, 0.15) is 30.6 Å². The van der Waals surface area contributed by atoms with Crippen LogP contribution in [0, 0.1) is 21.7 Å². The molecule has 2 aromatic rings. The first kappa shape index (κ1) is 12.8. The molecule has 0 bridgehead atoms. The monoisotopic (exact) mass is 267 g/mol. The number of nitrogens with zero attached hydrogens (tertiary/aromatic N) is 3. The summed E-state index contributed by atoms with van der Waals surface area (Å²) in [5.41, 5.74) is -0.563. The molecule has 2 rings (SSSR count). The summed E-state index contributed by atoms with van der Waals surface area (Å²) in [6.07, 6.45) is 2.04. The van der Waals surface area contributed by atoms with Crippen LogP contribution < -0.4 is 0 Å². The van der Waals surface area contributed by atoms with Gasteiger partial charge in [0.25, 0.3) is 0 Å². The first-order valence-corrected chi connectivity index (χ1v) is 5.12. The van der Waals surface area contributed by atoms with Gasteiger partial charge < -0.3 is 0 Å². The molecule has 98 valence electrons. The molecule has 0 aliphatic carbocycles. The van der Waals surface area contributed by atoms with Crippen molar-refractivity contribution in [1.82, 2.24) is 9.78 Å². The lowest BCUT2D eigenvalue weighted by molar-refractivity contribution is -0.385. The summed E-state index contributed by atoms with van der Waals surface area (Å²) in [5.74, 6) is -2.43. The summed E-state index contributed by atoms with van der Waals surface area (Å²) >= 11 is 0. The Morgan fingerprint density at radius 2 is 2.16 bits per heavy atom. The minimum atomic E-state index is -0.980. The van der Waals surface area contributed by atoms with Crippen molar-refractivity contribution in [1.29, 1.82) is 0 Å². The molecule has 0 unspecified atom stereocenters. The zero-order valence-electron chi connectivity index (χ0n) is 9.42. The number of hydrogen-bond donors (Lipinski definition) is 0. The third-order valence-corrected chi connectivity index (χ3v) is 2.37. The largest absolute Gasteiger partial charge is 0.307 e. The van der Waals surface area contributed by atoms with E-state index in [1.165, 1.54) is 0 Å². The first-order valence-electron chi connectivity index (χ1n) is 5.12. The molecule has 0 amide bonds. The van der Waals surface area contributed by atoms with Crippen molar-refractivity contribution in [2.24, 2.45) is 0 Å². The predicted octanol–water partition coefficient (Wildman–Crippen LogP) is 1.95. The van der Waals surface area contributed by atoms with Crippen molar-refractivity contribution < 1.29 is 18.5 Å². The quantitative estimate of drug-likeness (QED) is 0.482. The normalized spacial score (nSPS) is 10.4. The maximum Gasteiger partial charge on any atom is 0.307 e. The molecule has 0 saturated carbocycles. The lowest BCUT2D eigenvalue weighted by Crippen LogP contribution is -2.12. The molecular weight excluding hydrogens is 260 g/mol. The van der Waals surface area contributed by atoms with Gasteiger partial charge in [0.05, 0.1) is 10.5 Å². The van der Waals surface area contributed by atoms with E-state index in [0.717, 1.165) is 29.2 Å². The second-order valence-electron chi connectivity index (χ2n) is 3.70. The van der Waals surface area contributed by atoms with Crippen LogP contribution in [-0.2, 0) is 6.54 Å². The van der Waals surface area contributed by atoms with Crippen molar-refractivity contribution in [2.75, 3.05) is 0 Å². The molecule has 0 atom stereocenters. The van der Waals surface area contributed by atoms with Gasteiger partial charge in [-0.1, -0.05) is 0 Å². The number of aromatic nitrogens is 2. The first-order chi connectivity index (χ1) is 8.97. The fourth-order valence-electron chi connectivity index (χ4n) is 1.48. The van der Waals surface area contributed by atoms with Crippen LogP contribution in [-0.4, -0.2) is 20.5 Å². The number of Topliss-reactive ketones (excluding diaryl/α,β-unsaturated/α-hetero) is 1. The highest BCUT2D eigenvalue weighted by atomic mass is 19.1.